The quantitative estimate of drug-likeness (QED) is 0.810. The van der Waals surface area contributed by atoms with E-state index in [9.17, 15) is 9.59 Å². The van der Waals surface area contributed by atoms with E-state index in [2.05, 4.69) is 10.4 Å². The highest BCUT2D eigenvalue weighted by molar-refractivity contribution is 5.89. The summed E-state index contributed by atoms with van der Waals surface area (Å²) in [6.07, 6.45) is 3.07. The molecule has 0 aromatic carbocycles. The van der Waals surface area contributed by atoms with Crippen LogP contribution in [0.1, 0.15) is 20.3 Å². The molecule has 1 rings (SSSR count). The summed E-state index contributed by atoms with van der Waals surface area (Å²) in [4.78, 5) is 24.1. The van der Waals surface area contributed by atoms with Crippen molar-refractivity contribution in [2.45, 2.75) is 32.9 Å². The zero-order chi connectivity index (χ0) is 15.1. The average molecular weight is 279 g/mol. The van der Waals surface area contributed by atoms with Crippen molar-refractivity contribution in [3.8, 4) is 6.07 Å². The number of nitrogens with zero attached hydrogens (tertiary/aromatic N) is 4. The smallest absolute Gasteiger partial charge is 0.325 e. The minimum Gasteiger partial charge on any atom is -0.480 e. The molecule has 20 heavy (non-hydrogen) atoms. The van der Waals surface area contributed by atoms with Gasteiger partial charge in [-0.25, -0.2) is 4.79 Å². The molecule has 8 nitrogen and oxygen atoms in total. The summed E-state index contributed by atoms with van der Waals surface area (Å²) < 4.78 is 1.22. The number of hydrogen-bond acceptors (Lipinski definition) is 4. The van der Waals surface area contributed by atoms with Gasteiger partial charge in [0.05, 0.1) is 24.4 Å². The predicted octanol–water partition coefficient (Wildman–Crippen LogP) is 1.12. The lowest BCUT2D eigenvalue weighted by Gasteiger charge is -2.25. The van der Waals surface area contributed by atoms with Crippen LogP contribution in [0, 0.1) is 11.3 Å². The van der Waals surface area contributed by atoms with E-state index < -0.39 is 5.97 Å². The van der Waals surface area contributed by atoms with Crippen molar-refractivity contribution in [3.05, 3.63) is 12.4 Å². The highest BCUT2D eigenvalue weighted by atomic mass is 16.4. The van der Waals surface area contributed by atoms with Crippen LogP contribution in [0.5, 0.6) is 0 Å². The zero-order valence-electron chi connectivity index (χ0n) is 11.4. The fourth-order valence-corrected chi connectivity index (χ4v) is 1.61. The van der Waals surface area contributed by atoms with E-state index in [0.29, 0.717) is 12.2 Å². The Morgan fingerprint density at radius 3 is 2.85 bits per heavy atom. The number of nitriles is 1. The van der Waals surface area contributed by atoms with Crippen molar-refractivity contribution < 1.29 is 14.7 Å². The number of urea groups is 1. The molecule has 0 bridgehead atoms. The van der Waals surface area contributed by atoms with E-state index in [0.717, 1.165) is 0 Å². The second-order valence-corrected chi connectivity index (χ2v) is 4.45. The second kappa shape index (κ2) is 7.13. The average Bonchev–Trinajstić information content (AvgIpc) is 2.75. The Balaban J connectivity index is 2.65. The van der Waals surface area contributed by atoms with Crippen molar-refractivity contribution in [1.29, 1.82) is 5.26 Å². The van der Waals surface area contributed by atoms with Crippen LogP contribution < -0.4 is 5.32 Å². The maximum absolute atomic E-state index is 12.0. The number of anilines is 1. The van der Waals surface area contributed by atoms with Gasteiger partial charge in [0.25, 0.3) is 0 Å². The molecule has 8 heteroatoms. The topological polar surface area (TPSA) is 111 Å². The van der Waals surface area contributed by atoms with Gasteiger partial charge in [0.1, 0.15) is 6.54 Å². The Morgan fingerprint density at radius 1 is 1.60 bits per heavy atom. The number of amides is 2. The lowest BCUT2D eigenvalue weighted by atomic mass is 10.3. The molecule has 0 unspecified atom stereocenters. The largest absolute Gasteiger partial charge is 0.480 e. The van der Waals surface area contributed by atoms with Crippen LogP contribution in [-0.4, -0.2) is 44.4 Å². The highest BCUT2D eigenvalue weighted by Crippen LogP contribution is 2.08. The van der Waals surface area contributed by atoms with Crippen molar-refractivity contribution in [2.24, 2.45) is 0 Å². The molecule has 0 saturated heterocycles. The monoisotopic (exact) mass is 279 g/mol. The molecule has 0 aliphatic rings. The third-order valence-electron chi connectivity index (χ3n) is 2.53. The van der Waals surface area contributed by atoms with Gasteiger partial charge < -0.3 is 15.3 Å². The number of nitrogens with one attached hydrogen (secondary N) is 1. The first-order chi connectivity index (χ1) is 9.43. The summed E-state index contributed by atoms with van der Waals surface area (Å²) in [7, 11) is 0. The van der Waals surface area contributed by atoms with Crippen molar-refractivity contribution in [3.63, 3.8) is 0 Å². The number of aliphatic carboxylic acids is 1. The fourth-order valence-electron chi connectivity index (χ4n) is 1.61. The molecule has 0 radical (unpaired) electrons. The van der Waals surface area contributed by atoms with E-state index in [1.807, 2.05) is 19.9 Å². The Morgan fingerprint density at radius 2 is 2.30 bits per heavy atom. The summed E-state index contributed by atoms with van der Waals surface area (Å²) in [5.41, 5.74) is 0.416. The molecular weight excluding hydrogens is 262 g/mol. The first kappa shape index (κ1) is 15.5. The van der Waals surface area contributed by atoms with Gasteiger partial charge in [0, 0.05) is 18.8 Å². The number of carbonyl (C=O) groups excluding carboxylic acids is 1. The first-order valence-electron chi connectivity index (χ1n) is 6.13. The molecule has 0 fully saturated rings. The van der Waals surface area contributed by atoms with E-state index in [-0.39, 0.29) is 25.0 Å². The van der Waals surface area contributed by atoms with Crippen LogP contribution in [0.15, 0.2) is 12.4 Å². The molecule has 0 spiro atoms. The van der Waals surface area contributed by atoms with Crippen LogP contribution in [0.25, 0.3) is 0 Å². The highest BCUT2D eigenvalue weighted by Gasteiger charge is 2.17. The molecule has 1 heterocycles. The molecule has 0 atom stereocenters. The second-order valence-electron chi connectivity index (χ2n) is 4.45. The Kier molecular flexibility index (Phi) is 5.53. The van der Waals surface area contributed by atoms with Gasteiger partial charge in [-0.1, -0.05) is 0 Å². The van der Waals surface area contributed by atoms with Gasteiger partial charge in [-0.3, -0.25) is 9.48 Å². The minimum absolute atomic E-state index is 0.0441. The molecule has 0 saturated carbocycles. The fraction of sp³-hybridized carbons (Fsp3) is 0.500. The summed E-state index contributed by atoms with van der Waals surface area (Å²) >= 11 is 0. The summed E-state index contributed by atoms with van der Waals surface area (Å²) in [6, 6.07) is 1.61. The molecule has 0 aliphatic carbocycles. The van der Waals surface area contributed by atoms with E-state index in [4.69, 9.17) is 10.4 Å². The SMILES string of the molecule is CC(C)N(CCC#N)C(=O)Nc1cnn(CC(=O)O)c1. The maximum atomic E-state index is 12.0. The molecular formula is C12H17N5O3. The number of hydrogen-bond donors (Lipinski definition) is 2. The van der Waals surface area contributed by atoms with Gasteiger partial charge >= 0.3 is 12.0 Å². The standard InChI is InChI=1S/C12H17N5O3/c1-9(2)17(5-3-4-13)12(20)15-10-6-14-16(7-10)8-11(18)19/h6-7,9H,3,5,8H2,1-2H3,(H,15,20)(H,18,19). The zero-order valence-corrected chi connectivity index (χ0v) is 11.4. The molecule has 1 aromatic rings. The normalized spacial score (nSPS) is 10.1. The lowest BCUT2D eigenvalue weighted by Crippen LogP contribution is -2.40. The van der Waals surface area contributed by atoms with Crippen LogP contribution in [-0.2, 0) is 11.3 Å². The minimum atomic E-state index is -1.01. The van der Waals surface area contributed by atoms with Crippen molar-refractivity contribution in [1.82, 2.24) is 14.7 Å². The number of rotatable bonds is 6. The van der Waals surface area contributed by atoms with E-state index in [1.165, 1.54) is 22.0 Å². The van der Waals surface area contributed by atoms with Crippen LogP contribution in [0.4, 0.5) is 10.5 Å². The molecule has 2 amide bonds. The molecule has 2 N–H and O–H groups in total. The third-order valence-corrected chi connectivity index (χ3v) is 2.53. The lowest BCUT2D eigenvalue weighted by molar-refractivity contribution is -0.137. The summed E-state index contributed by atoms with van der Waals surface area (Å²) in [5.74, 6) is -1.01. The van der Waals surface area contributed by atoms with Gasteiger partial charge in [0.2, 0.25) is 0 Å². The predicted molar refractivity (Wildman–Crippen MR) is 71.0 cm³/mol. The molecule has 108 valence electrons. The van der Waals surface area contributed by atoms with Crippen molar-refractivity contribution >= 4 is 17.7 Å². The van der Waals surface area contributed by atoms with Crippen LogP contribution in [0.3, 0.4) is 0 Å². The summed E-state index contributed by atoms with van der Waals surface area (Å²) in [5, 5.41) is 23.7. The Hall–Kier alpha value is -2.56. The van der Waals surface area contributed by atoms with Gasteiger partial charge in [-0.05, 0) is 13.8 Å². The Labute approximate surface area is 116 Å². The Bertz CT molecular complexity index is 517. The summed E-state index contributed by atoms with van der Waals surface area (Å²) in [6.45, 7) is 3.77. The number of carboxylic acid groups (broad SMARTS) is 1. The van der Waals surface area contributed by atoms with Gasteiger partial charge in [0.15, 0.2) is 0 Å². The van der Waals surface area contributed by atoms with Gasteiger partial charge in [-0.15, -0.1) is 0 Å². The van der Waals surface area contributed by atoms with Crippen LogP contribution >= 0.6 is 0 Å². The maximum Gasteiger partial charge on any atom is 0.325 e. The van der Waals surface area contributed by atoms with Crippen molar-refractivity contribution in [2.75, 3.05) is 11.9 Å². The first-order valence-corrected chi connectivity index (χ1v) is 6.13. The molecule has 1 aromatic heterocycles. The van der Waals surface area contributed by atoms with E-state index in [1.54, 1.807) is 0 Å². The third kappa shape index (κ3) is 4.61. The number of carboxylic acids is 1. The molecule has 0 aliphatic heterocycles. The van der Waals surface area contributed by atoms with Gasteiger partial charge in [-0.2, -0.15) is 10.4 Å². The number of aromatic nitrogens is 2. The van der Waals surface area contributed by atoms with Crippen LogP contribution in [0.2, 0.25) is 0 Å². The number of carbonyl (C=O) groups is 2. The van der Waals surface area contributed by atoms with E-state index >= 15 is 0 Å².